The molecule has 0 amide bonds. The molecule has 0 heterocycles. The summed E-state index contributed by atoms with van der Waals surface area (Å²) in [7, 11) is 10.6. The molecule has 0 unspecified atom stereocenters. The molecule has 1 aliphatic carbocycles. The molecular formula is C49H40Cl2SiZr. The molecule has 4 heteroatoms. The van der Waals surface area contributed by atoms with Crippen molar-refractivity contribution in [2.75, 3.05) is 0 Å². The molecule has 8 aromatic carbocycles. The summed E-state index contributed by atoms with van der Waals surface area (Å²) >= 11 is -0.826. The van der Waals surface area contributed by atoms with Gasteiger partial charge in [0.05, 0.1) is 0 Å². The quantitative estimate of drug-likeness (QED) is 0.116. The molecular weight excluding hydrogens is 779 g/mol. The molecule has 0 atom stereocenters. The average molecular weight is 819 g/mol. The summed E-state index contributed by atoms with van der Waals surface area (Å²) < 4.78 is 0. The van der Waals surface area contributed by atoms with E-state index in [0.717, 1.165) is 22.4 Å². The van der Waals surface area contributed by atoms with E-state index in [4.69, 9.17) is 17.0 Å². The summed E-state index contributed by atoms with van der Waals surface area (Å²) in [6, 6.07) is 70.0. The van der Waals surface area contributed by atoms with Crippen molar-refractivity contribution in [3.8, 4) is 33.4 Å². The Kier molecular flexibility index (Phi) is 14.8. The second-order valence-electron chi connectivity index (χ2n) is 12.7. The molecule has 0 aliphatic heterocycles. The van der Waals surface area contributed by atoms with Crippen LogP contribution in [0.5, 0.6) is 0 Å². The van der Waals surface area contributed by atoms with E-state index in [1.807, 2.05) is 6.07 Å². The van der Waals surface area contributed by atoms with Crippen molar-refractivity contribution in [1.82, 2.24) is 0 Å². The molecule has 0 aromatic heterocycles. The Balaban J connectivity index is 0.000000141. The van der Waals surface area contributed by atoms with Crippen LogP contribution in [0.2, 0.25) is 0 Å². The summed E-state index contributed by atoms with van der Waals surface area (Å²) in [6.07, 6.45) is 3.39. The van der Waals surface area contributed by atoms with Gasteiger partial charge in [0, 0.05) is 0 Å². The zero-order chi connectivity index (χ0) is 36.7. The van der Waals surface area contributed by atoms with Crippen LogP contribution in [0.3, 0.4) is 0 Å². The minimum absolute atomic E-state index is 0.777. The summed E-state index contributed by atoms with van der Waals surface area (Å²) in [5, 5.41) is 5.51. The van der Waals surface area contributed by atoms with Crippen molar-refractivity contribution < 1.29 is 20.8 Å². The molecule has 0 saturated carbocycles. The number of rotatable bonds is 6. The number of hydrogen-bond donors (Lipinski definition) is 0. The van der Waals surface area contributed by atoms with E-state index in [-0.39, 0.29) is 0 Å². The van der Waals surface area contributed by atoms with Gasteiger partial charge in [-0.25, -0.2) is 0 Å². The van der Waals surface area contributed by atoms with E-state index in [1.165, 1.54) is 77.6 Å². The van der Waals surface area contributed by atoms with Gasteiger partial charge in [-0.15, -0.1) is 40.1 Å². The third kappa shape index (κ3) is 10.7. The van der Waals surface area contributed by atoms with E-state index in [1.54, 1.807) is 0 Å². The first-order valence-electron chi connectivity index (χ1n) is 17.9. The van der Waals surface area contributed by atoms with Crippen LogP contribution in [0.15, 0.2) is 188 Å². The normalized spacial score (nSPS) is 10.6. The Morgan fingerprint density at radius 3 is 1.79 bits per heavy atom. The van der Waals surface area contributed by atoms with Gasteiger partial charge < -0.3 is 0 Å². The van der Waals surface area contributed by atoms with E-state index >= 15 is 0 Å². The molecule has 0 fully saturated rings. The number of fused-ring (bicyclic) bond motifs is 4. The van der Waals surface area contributed by atoms with Gasteiger partial charge in [0.25, 0.3) is 0 Å². The van der Waals surface area contributed by atoms with Crippen molar-refractivity contribution in [2.45, 2.75) is 26.2 Å². The largest absolute Gasteiger partial charge is 0.179 e. The van der Waals surface area contributed by atoms with Crippen LogP contribution in [0.25, 0.3) is 44.2 Å². The maximum Gasteiger partial charge on any atom is 0.121 e. The van der Waals surface area contributed by atoms with Gasteiger partial charge in [-0.2, -0.15) is 35.9 Å². The summed E-state index contributed by atoms with van der Waals surface area (Å²) in [5.74, 6) is 0. The third-order valence-corrected chi connectivity index (χ3v) is 10.3. The van der Waals surface area contributed by atoms with Crippen LogP contribution in [0.4, 0.5) is 0 Å². The summed E-state index contributed by atoms with van der Waals surface area (Å²) in [4.78, 5) is 0. The first kappa shape index (κ1) is 38.6. The van der Waals surface area contributed by atoms with Crippen molar-refractivity contribution in [3.63, 3.8) is 0 Å². The van der Waals surface area contributed by atoms with Crippen molar-refractivity contribution in [3.05, 3.63) is 211 Å². The molecule has 0 nitrogen and oxygen atoms in total. The van der Waals surface area contributed by atoms with Crippen molar-refractivity contribution in [2.24, 2.45) is 0 Å². The van der Waals surface area contributed by atoms with Gasteiger partial charge >= 0.3 is 37.9 Å². The molecule has 8 aromatic rings. The molecule has 53 heavy (non-hydrogen) atoms. The van der Waals surface area contributed by atoms with E-state index < -0.39 is 20.8 Å². The smallest absolute Gasteiger partial charge is 0.121 e. The van der Waals surface area contributed by atoms with Crippen LogP contribution < -0.4 is 10.4 Å². The van der Waals surface area contributed by atoms with Crippen LogP contribution >= 0.6 is 17.0 Å². The molecule has 0 N–H and O–H groups in total. The van der Waals surface area contributed by atoms with Crippen LogP contribution in [-0.4, -0.2) is 9.52 Å². The summed E-state index contributed by atoms with van der Waals surface area (Å²) in [6.45, 7) is 2.24. The Hall–Kier alpha value is -4.17. The fourth-order valence-corrected chi connectivity index (χ4v) is 7.71. The van der Waals surface area contributed by atoms with Crippen LogP contribution in [0.1, 0.15) is 30.0 Å². The number of aryl methyl sites for hydroxylation is 1. The fourth-order valence-electron chi connectivity index (χ4n) is 6.66. The van der Waals surface area contributed by atoms with Gasteiger partial charge in [0.15, 0.2) is 0 Å². The minimum atomic E-state index is -0.826. The predicted molar refractivity (Wildman–Crippen MR) is 228 cm³/mol. The van der Waals surface area contributed by atoms with Gasteiger partial charge in [-0.1, -0.05) is 186 Å². The Labute approximate surface area is 336 Å². The van der Waals surface area contributed by atoms with Crippen LogP contribution in [-0.2, 0) is 33.7 Å². The Morgan fingerprint density at radius 1 is 0.585 bits per heavy atom. The first-order valence-corrected chi connectivity index (χ1v) is 25.2. The monoisotopic (exact) mass is 816 g/mol. The van der Waals surface area contributed by atoms with Gasteiger partial charge in [0.2, 0.25) is 0 Å². The topological polar surface area (TPSA) is 0 Å². The van der Waals surface area contributed by atoms with Gasteiger partial charge in [-0.3, -0.25) is 0 Å². The Bertz CT molecular complexity index is 2200. The molecule has 0 saturated heterocycles. The van der Waals surface area contributed by atoms with E-state index in [0.29, 0.717) is 0 Å². The zero-order valence-corrected chi connectivity index (χ0v) is 34.7. The maximum absolute atomic E-state index is 4.93. The van der Waals surface area contributed by atoms with Crippen molar-refractivity contribution in [1.29, 1.82) is 0 Å². The van der Waals surface area contributed by atoms with Crippen LogP contribution in [0, 0.1) is 6.07 Å². The minimum Gasteiger partial charge on any atom is -0.179 e. The standard InChI is InChI=1S/C24H21.C13H9.C12H10Si.2ClH.Zr/c1-2-7-18-16-22-10-6-11-23(24(22)17-18)21-14-12-20(13-15-21)19-8-4-3-5-9-19;1-3-7-12-10(5-1)9-11-6-2-4-8-13(11)12;1-3-7-11(8-4-1)13-12-9-5-2-6-10-12;;;/h3-6,8-17H,2,7H2,1H3;1-5,7-8H,9H2;1-10H;2*1H;/q2*-1;;;;+4/p-2. The molecule has 0 spiro atoms. The van der Waals surface area contributed by atoms with E-state index in [9.17, 15) is 0 Å². The number of hydrogen-bond acceptors (Lipinski definition) is 0. The van der Waals surface area contributed by atoms with Crippen molar-refractivity contribution >= 4 is 47.7 Å². The predicted octanol–water partition coefficient (Wildman–Crippen LogP) is 12.6. The maximum atomic E-state index is 4.93. The van der Waals surface area contributed by atoms with Gasteiger partial charge in [-0.05, 0) is 29.5 Å². The molecule has 258 valence electrons. The Morgan fingerprint density at radius 2 is 1.13 bits per heavy atom. The SMILES string of the molecule is CCCc1cc2c(-c3ccc(-c4ccccc4)cc3)cccc2[cH-]1.[Cl][Zr+2][Cl].[c-]1cccc2c1Cc1ccccc1-2.c1ccc([Si]c2ccccc2)cc1. The molecule has 9 rings (SSSR count). The number of halogens is 2. The second-order valence-corrected chi connectivity index (χ2v) is 17.8. The average Bonchev–Trinajstić information content (AvgIpc) is 3.81. The number of benzene rings is 7. The second kappa shape index (κ2) is 20.3. The molecule has 1 aliphatic rings. The molecule has 0 bridgehead atoms. The fraction of sp³-hybridized carbons (Fsp3) is 0.0816. The third-order valence-electron chi connectivity index (χ3n) is 9.10. The summed E-state index contributed by atoms with van der Waals surface area (Å²) in [5.41, 5.74) is 12.1. The van der Waals surface area contributed by atoms with Gasteiger partial charge in [0.1, 0.15) is 9.52 Å². The van der Waals surface area contributed by atoms with E-state index in [2.05, 4.69) is 195 Å². The molecule has 2 radical (unpaired) electrons. The zero-order valence-electron chi connectivity index (χ0n) is 29.8. The first-order chi connectivity index (χ1) is 26.2.